The van der Waals surface area contributed by atoms with Gasteiger partial charge in [0, 0.05) is 10.4 Å². The fourth-order valence-electron chi connectivity index (χ4n) is 1.21. The highest BCUT2D eigenvalue weighted by Crippen LogP contribution is 2.23. The average molecular weight is 278 g/mol. The lowest BCUT2D eigenvalue weighted by Gasteiger charge is -2.07. The Bertz CT molecular complexity index is 363. The Labute approximate surface area is 96.0 Å². The molecule has 0 bridgehead atoms. The van der Waals surface area contributed by atoms with Gasteiger partial charge in [0.1, 0.15) is 0 Å². The highest BCUT2D eigenvalue weighted by Gasteiger charge is 2.08. The van der Waals surface area contributed by atoms with Crippen LogP contribution in [-0.4, -0.2) is 11.1 Å². The molecule has 0 heterocycles. The average Bonchev–Trinajstić information content (AvgIpc) is 2.09. The number of rotatable bonds is 3. The van der Waals surface area contributed by atoms with Gasteiger partial charge in [-0.1, -0.05) is 33.6 Å². The first kappa shape index (κ1) is 11.5. The summed E-state index contributed by atoms with van der Waals surface area (Å²) in [5, 5.41) is 9.89. The van der Waals surface area contributed by atoms with Crippen LogP contribution in [-0.2, 0) is 16.5 Å². The van der Waals surface area contributed by atoms with Crippen molar-refractivity contribution in [3.63, 3.8) is 0 Å². The van der Waals surface area contributed by atoms with Crippen molar-refractivity contribution in [3.05, 3.63) is 33.8 Å². The molecule has 0 aliphatic carbocycles. The molecule has 0 aromatic heterocycles. The van der Waals surface area contributed by atoms with Gasteiger partial charge in [0.15, 0.2) is 0 Å². The molecule has 14 heavy (non-hydrogen) atoms. The van der Waals surface area contributed by atoms with E-state index in [1.54, 1.807) is 6.07 Å². The van der Waals surface area contributed by atoms with Crippen LogP contribution < -0.4 is 0 Å². The summed E-state index contributed by atoms with van der Waals surface area (Å²) in [6.07, 6.45) is -0.0287. The Balaban J connectivity index is 3.10. The van der Waals surface area contributed by atoms with Gasteiger partial charge in [0.05, 0.1) is 6.42 Å². The zero-order valence-electron chi connectivity index (χ0n) is 7.68. The monoisotopic (exact) mass is 276 g/mol. The van der Waals surface area contributed by atoms with Crippen LogP contribution in [0.2, 0.25) is 5.02 Å². The summed E-state index contributed by atoms with van der Waals surface area (Å²) >= 11 is 9.27. The van der Waals surface area contributed by atoms with Crippen molar-refractivity contribution < 1.29 is 9.90 Å². The maximum Gasteiger partial charge on any atom is 0.307 e. The van der Waals surface area contributed by atoms with Crippen molar-refractivity contribution in [2.75, 3.05) is 0 Å². The van der Waals surface area contributed by atoms with Crippen LogP contribution in [0.3, 0.4) is 0 Å². The van der Waals surface area contributed by atoms with Crippen LogP contribution in [0.1, 0.15) is 16.7 Å². The third kappa shape index (κ3) is 2.72. The number of alkyl halides is 1. The quantitative estimate of drug-likeness (QED) is 0.862. The van der Waals surface area contributed by atoms with Gasteiger partial charge >= 0.3 is 5.97 Å². The van der Waals surface area contributed by atoms with Gasteiger partial charge in [0.25, 0.3) is 0 Å². The number of hydrogen-bond acceptors (Lipinski definition) is 1. The van der Waals surface area contributed by atoms with E-state index < -0.39 is 5.97 Å². The minimum Gasteiger partial charge on any atom is -0.481 e. The van der Waals surface area contributed by atoms with E-state index in [0.717, 1.165) is 11.1 Å². The van der Waals surface area contributed by atoms with Gasteiger partial charge in [0.2, 0.25) is 0 Å². The molecule has 0 spiro atoms. The Morgan fingerprint density at radius 1 is 1.50 bits per heavy atom. The first-order valence-electron chi connectivity index (χ1n) is 4.10. The Morgan fingerprint density at radius 2 is 2.14 bits per heavy atom. The molecule has 0 saturated heterocycles. The Kier molecular flexibility index (Phi) is 3.96. The zero-order chi connectivity index (χ0) is 10.7. The van der Waals surface area contributed by atoms with Crippen LogP contribution in [0, 0.1) is 6.92 Å². The molecular weight excluding hydrogens is 267 g/mol. The van der Waals surface area contributed by atoms with Gasteiger partial charge in [-0.05, 0) is 29.7 Å². The van der Waals surface area contributed by atoms with Crippen molar-refractivity contribution in [1.82, 2.24) is 0 Å². The molecule has 4 heteroatoms. The van der Waals surface area contributed by atoms with Gasteiger partial charge in [-0.15, -0.1) is 0 Å². The maximum atomic E-state index is 10.5. The van der Waals surface area contributed by atoms with E-state index in [1.165, 1.54) is 0 Å². The van der Waals surface area contributed by atoms with Crippen molar-refractivity contribution in [2.24, 2.45) is 0 Å². The van der Waals surface area contributed by atoms with Crippen molar-refractivity contribution in [3.8, 4) is 0 Å². The molecule has 1 aromatic carbocycles. The summed E-state index contributed by atoms with van der Waals surface area (Å²) < 4.78 is 0. The van der Waals surface area contributed by atoms with Crippen molar-refractivity contribution in [1.29, 1.82) is 0 Å². The van der Waals surface area contributed by atoms with Crippen LogP contribution in [0.25, 0.3) is 0 Å². The lowest BCUT2D eigenvalue weighted by Crippen LogP contribution is -2.02. The molecule has 0 atom stereocenters. The number of hydrogen-bond donors (Lipinski definition) is 1. The van der Waals surface area contributed by atoms with E-state index in [0.29, 0.717) is 15.9 Å². The fraction of sp³-hybridized carbons (Fsp3) is 0.300. The van der Waals surface area contributed by atoms with Crippen molar-refractivity contribution >= 4 is 33.5 Å². The summed E-state index contributed by atoms with van der Waals surface area (Å²) in [6.45, 7) is 1.95. The normalized spacial score (nSPS) is 10.2. The molecule has 0 saturated carbocycles. The summed E-state index contributed by atoms with van der Waals surface area (Å²) in [4.78, 5) is 10.5. The number of halogens is 2. The minimum absolute atomic E-state index is 0.0287. The molecule has 0 radical (unpaired) electrons. The number of aliphatic carboxylic acids is 1. The Hall–Kier alpha value is -0.540. The molecule has 0 unspecified atom stereocenters. The van der Waals surface area contributed by atoms with Gasteiger partial charge < -0.3 is 5.11 Å². The summed E-state index contributed by atoms with van der Waals surface area (Å²) in [7, 11) is 0. The van der Waals surface area contributed by atoms with Crippen molar-refractivity contribution in [2.45, 2.75) is 18.7 Å². The first-order chi connectivity index (χ1) is 6.54. The van der Waals surface area contributed by atoms with E-state index in [4.69, 9.17) is 16.7 Å². The standard InChI is InChI=1S/C10H10BrClO2/c1-6-2-9(12)7(4-10(13)14)3-8(6)5-11/h2-3H,4-5H2,1H3,(H,13,14). The second-order valence-corrected chi connectivity index (χ2v) is 4.04. The van der Waals surface area contributed by atoms with Gasteiger partial charge in [-0.3, -0.25) is 4.79 Å². The van der Waals surface area contributed by atoms with Gasteiger partial charge in [-0.2, -0.15) is 0 Å². The second-order valence-electron chi connectivity index (χ2n) is 3.07. The molecule has 76 valence electrons. The zero-order valence-corrected chi connectivity index (χ0v) is 10.0. The summed E-state index contributed by atoms with van der Waals surface area (Å²) in [5.41, 5.74) is 2.81. The molecule has 0 amide bonds. The number of aryl methyl sites for hydroxylation is 1. The number of benzene rings is 1. The summed E-state index contributed by atoms with van der Waals surface area (Å²) in [6, 6.07) is 3.64. The number of carboxylic acid groups (broad SMARTS) is 1. The third-order valence-electron chi connectivity index (χ3n) is 1.99. The predicted molar refractivity (Wildman–Crippen MR) is 60.2 cm³/mol. The minimum atomic E-state index is -0.865. The highest BCUT2D eigenvalue weighted by molar-refractivity contribution is 9.08. The smallest absolute Gasteiger partial charge is 0.307 e. The molecule has 2 nitrogen and oxygen atoms in total. The lowest BCUT2D eigenvalue weighted by molar-refractivity contribution is -0.136. The predicted octanol–water partition coefficient (Wildman–Crippen LogP) is 3.17. The van der Waals surface area contributed by atoms with Crippen LogP contribution in [0.15, 0.2) is 12.1 Å². The highest BCUT2D eigenvalue weighted by atomic mass is 79.9. The van der Waals surface area contributed by atoms with E-state index in [-0.39, 0.29) is 6.42 Å². The van der Waals surface area contributed by atoms with E-state index >= 15 is 0 Å². The molecular formula is C10H10BrClO2. The molecule has 1 aromatic rings. The lowest BCUT2D eigenvalue weighted by atomic mass is 10.0. The maximum absolute atomic E-state index is 10.5. The third-order valence-corrected chi connectivity index (χ3v) is 2.95. The van der Waals surface area contributed by atoms with Crippen LogP contribution >= 0.6 is 27.5 Å². The topological polar surface area (TPSA) is 37.3 Å². The summed E-state index contributed by atoms with van der Waals surface area (Å²) in [5.74, 6) is -0.865. The number of carbonyl (C=O) groups is 1. The molecule has 1 N–H and O–H groups in total. The van der Waals surface area contributed by atoms with Gasteiger partial charge in [-0.25, -0.2) is 0 Å². The van der Waals surface area contributed by atoms with E-state index in [1.807, 2.05) is 13.0 Å². The van der Waals surface area contributed by atoms with Crippen LogP contribution in [0.4, 0.5) is 0 Å². The molecule has 0 aliphatic rings. The Morgan fingerprint density at radius 3 is 2.64 bits per heavy atom. The first-order valence-corrected chi connectivity index (χ1v) is 5.60. The van der Waals surface area contributed by atoms with E-state index in [2.05, 4.69) is 15.9 Å². The second kappa shape index (κ2) is 4.80. The van der Waals surface area contributed by atoms with Crippen LogP contribution in [0.5, 0.6) is 0 Å². The molecule has 0 aliphatic heterocycles. The SMILES string of the molecule is Cc1cc(Cl)c(CC(=O)O)cc1CBr. The fourth-order valence-corrected chi connectivity index (χ4v) is 2.10. The number of carboxylic acids is 1. The largest absolute Gasteiger partial charge is 0.481 e. The molecule has 0 fully saturated rings. The van der Waals surface area contributed by atoms with E-state index in [9.17, 15) is 4.79 Å². The molecule has 1 rings (SSSR count).